The van der Waals surface area contributed by atoms with Crippen molar-refractivity contribution in [3.63, 3.8) is 0 Å². The summed E-state index contributed by atoms with van der Waals surface area (Å²) < 4.78 is 4.57. The zero-order valence-corrected chi connectivity index (χ0v) is 32.6. The van der Waals surface area contributed by atoms with E-state index in [1.807, 2.05) is 6.07 Å². The van der Waals surface area contributed by atoms with Gasteiger partial charge in [0.2, 0.25) is 5.95 Å². The van der Waals surface area contributed by atoms with E-state index in [0.717, 1.165) is 44.2 Å². The van der Waals surface area contributed by atoms with Gasteiger partial charge in [0.1, 0.15) is 0 Å². The summed E-state index contributed by atoms with van der Waals surface area (Å²) in [4.78, 5) is 15.6. The van der Waals surface area contributed by atoms with Crippen molar-refractivity contribution < 1.29 is 0 Å². The second-order valence-electron chi connectivity index (χ2n) is 16.1. The molecule has 0 aliphatic heterocycles. The highest BCUT2D eigenvalue weighted by molar-refractivity contribution is 6.12. The molecule has 1 aliphatic rings. The lowest BCUT2D eigenvalue weighted by Crippen LogP contribution is -2.14. The lowest BCUT2D eigenvalue weighted by atomic mass is 9.82. The first-order chi connectivity index (χ1) is 29.0. The van der Waals surface area contributed by atoms with Crippen LogP contribution in [-0.4, -0.2) is 24.1 Å². The standard InChI is InChI=1S/C54H37N5/c1-54(2)45-20-10-6-16-39(45)43-33-50-44(32-46(43)54)42-19-9-11-21-47(42)58(50)38-30-28-37(29-31-38)52-55-51(36-26-24-35(25-27-36)34-14-4-3-5-15-34)56-53(57-52)59-48-22-12-7-17-40(48)41-18-8-13-23-49(41)59/h3-33H,1-2H3. The summed E-state index contributed by atoms with van der Waals surface area (Å²) in [6.45, 7) is 4.70. The topological polar surface area (TPSA) is 48.5 Å². The third-order valence-corrected chi connectivity index (χ3v) is 12.4. The molecular formula is C54H37N5. The number of nitrogens with zero attached hydrogens (tertiary/aromatic N) is 5. The number of benzene rings is 8. The monoisotopic (exact) mass is 755 g/mol. The van der Waals surface area contributed by atoms with Crippen LogP contribution in [0.3, 0.4) is 0 Å². The quantitative estimate of drug-likeness (QED) is 0.176. The van der Waals surface area contributed by atoms with Crippen molar-refractivity contribution in [1.82, 2.24) is 24.1 Å². The highest BCUT2D eigenvalue weighted by atomic mass is 15.2. The van der Waals surface area contributed by atoms with E-state index in [2.05, 4.69) is 205 Å². The largest absolute Gasteiger partial charge is 0.309 e. The molecule has 0 atom stereocenters. The average molecular weight is 756 g/mol. The number of fused-ring (bicyclic) bond motifs is 9. The molecule has 0 spiro atoms. The molecule has 11 aromatic rings. The molecular weight excluding hydrogens is 719 g/mol. The summed E-state index contributed by atoms with van der Waals surface area (Å²) in [6.07, 6.45) is 0. The van der Waals surface area contributed by atoms with Crippen LogP contribution in [0.2, 0.25) is 0 Å². The average Bonchev–Trinajstić information content (AvgIpc) is 3.89. The van der Waals surface area contributed by atoms with Gasteiger partial charge in [-0.1, -0.05) is 147 Å². The highest BCUT2D eigenvalue weighted by Crippen LogP contribution is 2.51. The fourth-order valence-corrected chi connectivity index (χ4v) is 9.50. The van der Waals surface area contributed by atoms with Gasteiger partial charge in [0.25, 0.3) is 0 Å². The van der Waals surface area contributed by atoms with Crippen LogP contribution in [-0.2, 0) is 5.41 Å². The second-order valence-corrected chi connectivity index (χ2v) is 16.1. The molecule has 0 saturated carbocycles. The van der Waals surface area contributed by atoms with E-state index >= 15 is 0 Å². The first-order valence-electron chi connectivity index (χ1n) is 20.2. The van der Waals surface area contributed by atoms with Crippen LogP contribution < -0.4 is 0 Å². The summed E-state index contributed by atoms with van der Waals surface area (Å²) in [5.74, 6) is 1.82. The Morgan fingerprint density at radius 1 is 0.356 bits per heavy atom. The van der Waals surface area contributed by atoms with Crippen LogP contribution in [0.15, 0.2) is 188 Å². The zero-order chi connectivity index (χ0) is 39.2. The number of rotatable bonds is 5. The van der Waals surface area contributed by atoms with Gasteiger partial charge in [-0.15, -0.1) is 0 Å². The number of hydrogen-bond donors (Lipinski definition) is 0. The number of para-hydroxylation sites is 3. The lowest BCUT2D eigenvalue weighted by Gasteiger charge is -2.21. The Morgan fingerprint density at radius 3 is 1.49 bits per heavy atom. The maximum Gasteiger partial charge on any atom is 0.238 e. The third kappa shape index (κ3) is 5.08. The van der Waals surface area contributed by atoms with Crippen molar-refractivity contribution in [2.24, 2.45) is 0 Å². The Kier molecular flexibility index (Phi) is 7.20. The fourth-order valence-electron chi connectivity index (χ4n) is 9.50. The van der Waals surface area contributed by atoms with Crippen LogP contribution in [0.1, 0.15) is 25.0 Å². The van der Waals surface area contributed by atoms with Gasteiger partial charge in [-0.3, -0.25) is 4.57 Å². The molecule has 5 heteroatoms. The van der Waals surface area contributed by atoms with E-state index in [9.17, 15) is 0 Å². The minimum Gasteiger partial charge on any atom is -0.309 e. The highest BCUT2D eigenvalue weighted by Gasteiger charge is 2.36. The number of aromatic nitrogens is 5. The molecule has 8 aromatic carbocycles. The Labute approximate surface area is 341 Å². The smallest absolute Gasteiger partial charge is 0.238 e. The Balaban J connectivity index is 1.02. The second kappa shape index (κ2) is 12.7. The molecule has 3 heterocycles. The van der Waals surface area contributed by atoms with Gasteiger partial charge < -0.3 is 4.57 Å². The maximum atomic E-state index is 5.24. The summed E-state index contributed by atoms with van der Waals surface area (Å²) in [7, 11) is 0. The van der Waals surface area contributed by atoms with Gasteiger partial charge in [-0.25, -0.2) is 4.98 Å². The van der Waals surface area contributed by atoms with E-state index in [1.54, 1.807) is 0 Å². The van der Waals surface area contributed by atoms with Gasteiger partial charge in [0.15, 0.2) is 11.6 Å². The van der Waals surface area contributed by atoms with Crippen LogP contribution >= 0.6 is 0 Å². The molecule has 12 rings (SSSR count). The molecule has 3 aromatic heterocycles. The van der Waals surface area contributed by atoms with Gasteiger partial charge in [0.05, 0.1) is 22.1 Å². The van der Waals surface area contributed by atoms with Crippen molar-refractivity contribution in [2.75, 3.05) is 0 Å². The molecule has 0 N–H and O–H groups in total. The van der Waals surface area contributed by atoms with Gasteiger partial charge in [-0.2, -0.15) is 9.97 Å². The van der Waals surface area contributed by atoms with E-state index in [4.69, 9.17) is 15.0 Å². The molecule has 0 bridgehead atoms. The third-order valence-electron chi connectivity index (χ3n) is 12.4. The Bertz CT molecular complexity index is 3390. The normalized spacial score (nSPS) is 13.1. The van der Waals surface area contributed by atoms with E-state index in [1.165, 1.54) is 49.6 Å². The SMILES string of the molecule is CC1(C)c2ccccc2-c2cc3c(cc21)c1ccccc1n3-c1ccc(-c2nc(-c3ccc(-c4ccccc4)cc3)nc(-n3c4ccccc4c4ccccc43)n2)cc1. The molecule has 5 nitrogen and oxygen atoms in total. The molecule has 0 unspecified atom stereocenters. The fraction of sp³-hybridized carbons (Fsp3) is 0.0556. The summed E-state index contributed by atoms with van der Waals surface area (Å²) in [5, 5.41) is 4.83. The van der Waals surface area contributed by atoms with E-state index < -0.39 is 0 Å². The van der Waals surface area contributed by atoms with Crippen LogP contribution in [0.4, 0.5) is 0 Å². The summed E-state index contributed by atoms with van der Waals surface area (Å²) in [6, 6.07) is 67.0. The molecule has 0 radical (unpaired) electrons. The molecule has 1 aliphatic carbocycles. The van der Waals surface area contributed by atoms with Crippen molar-refractivity contribution in [1.29, 1.82) is 0 Å². The molecule has 0 fully saturated rings. The van der Waals surface area contributed by atoms with Crippen LogP contribution in [0.25, 0.3) is 100 Å². The predicted molar refractivity (Wildman–Crippen MR) is 242 cm³/mol. The van der Waals surface area contributed by atoms with Crippen molar-refractivity contribution >= 4 is 43.6 Å². The predicted octanol–water partition coefficient (Wildman–Crippen LogP) is 13.4. The van der Waals surface area contributed by atoms with Crippen LogP contribution in [0, 0.1) is 0 Å². The first kappa shape index (κ1) is 33.5. The van der Waals surface area contributed by atoms with Crippen molar-refractivity contribution in [3.05, 3.63) is 199 Å². The Hall–Kier alpha value is -7.63. The zero-order valence-electron chi connectivity index (χ0n) is 32.6. The molecule has 278 valence electrons. The minimum absolute atomic E-state index is 0.0730. The molecule has 0 saturated heterocycles. The van der Waals surface area contributed by atoms with Gasteiger partial charge in [0, 0.05) is 43.8 Å². The van der Waals surface area contributed by atoms with Gasteiger partial charge >= 0.3 is 0 Å². The van der Waals surface area contributed by atoms with E-state index in [-0.39, 0.29) is 5.41 Å². The summed E-state index contributed by atoms with van der Waals surface area (Å²) >= 11 is 0. The maximum absolute atomic E-state index is 5.24. The van der Waals surface area contributed by atoms with E-state index in [0.29, 0.717) is 17.6 Å². The minimum atomic E-state index is -0.0730. The van der Waals surface area contributed by atoms with Crippen molar-refractivity contribution in [3.8, 4) is 56.7 Å². The van der Waals surface area contributed by atoms with Gasteiger partial charge in [-0.05, 0) is 88.0 Å². The van der Waals surface area contributed by atoms with Crippen molar-refractivity contribution in [2.45, 2.75) is 19.3 Å². The summed E-state index contributed by atoms with van der Waals surface area (Å²) in [5.41, 5.74) is 15.0. The lowest BCUT2D eigenvalue weighted by molar-refractivity contribution is 0.661. The molecule has 0 amide bonds. The Morgan fingerprint density at radius 2 is 0.847 bits per heavy atom. The van der Waals surface area contributed by atoms with Crippen LogP contribution in [0.5, 0.6) is 0 Å². The first-order valence-corrected chi connectivity index (χ1v) is 20.2. The number of hydrogen-bond acceptors (Lipinski definition) is 3. The molecule has 59 heavy (non-hydrogen) atoms.